The van der Waals surface area contributed by atoms with Crippen LogP contribution >= 0.6 is 15.9 Å². The lowest BCUT2D eigenvalue weighted by Gasteiger charge is -2.22. The van der Waals surface area contributed by atoms with Crippen molar-refractivity contribution in [2.45, 2.75) is 50.9 Å². The van der Waals surface area contributed by atoms with Gasteiger partial charge in [-0.1, -0.05) is 43.1 Å². The van der Waals surface area contributed by atoms with E-state index in [0.29, 0.717) is 4.83 Å². The highest BCUT2D eigenvalue weighted by Crippen LogP contribution is 2.26. The first-order valence-electron chi connectivity index (χ1n) is 5.34. The monoisotopic (exact) mass is 297 g/mol. The average molecular weight is 298 g/mol. The Labute approximate surface area is 101 Å². The molecular weight excluding hydrogens is 278 g/mol. The molecule has 1 saturated carbocycles. The molecule has 2 atom stereocenters. The summed E-state index contributed by atoms with van der Waals surface area (Å²) < 4.78 is 26.4. The molecule has 15 heavy (non-hydrogen) atoms. The summed E-state index contributed by atoms with van der Waals surface area (Å²) in [4.78, 5) is 0.298. The fourth-order valence-electron chi connectivity index (χ4n) is 1.89. The summed E-state index contributed by atoms with van der Waals surface area (Å²) in [6.45, 7) is 5.81. The standard InChI is InChI=1S/C10H20BrNO2S/c1-10(2,3)7-15(13,14)12-9-6-4-5-8(9)11/h8-9,12H,4-7H2,1-3H3. The Morgan fingerprint density at radius 1 is 1.33 bits per heavy atom. The van der Waals surface area contributed by atoms with Crippen molar-refractivity contribution in [1.29, 1.82) is 0 Å². The van der Waals surface area contributed by atoms with Gasteiger partial charge in [0.05, 0.1) is 5.75 Å². The second kappa shape index (κ2) is 4.72. The van der Waals surface area contributed by atoms with Gasteiger partial charge in [0.15, 0.2) is 0 Å². The molecule has 90 valence electrons. The van der Waals surface area contributed by atoms with Crippen molar-refractivity contribution in [3.05, 3.63) is 0 Å². The maximum absolute atomic E-state index is 11.8. The summed E-state index contributed by atoms with van der Waals surface area (Å²) in [7, 11) is -3.14. The fourth-order valence-corrected chi connectivity index (χ4v) is 4.75. The Morgan fingerprint density at radius 2 is 1.93 bits per heavy atom. The van der Waals surface area contributed by atoms with Crippen molar-refractivity contribution >= 4 is 26.0 Å². The predicted molar refractivity (Wildman–Crippen MR) is 66.7 cm³/mol. The second-order valence-electron chi connectivity index (χ2n) is 5.49. The molecule has 2 unspecified atom stereocenters. The van der Waals surface area contributed by atoms with Gasteiger partial charge in [0, 0.05) is 10.9 Å². The second-order valence-corrected chi connectivity index (χ2v) is 8.42. The van der Waals surface area contributed by atoms with Crippen LogP contribution in [-0.2, 0) is 10.0 Å². The van der Waals surface area contributed by atoms with Gasteiger partial charge in [-0.25, -0.2) is 13.1 Å². The lowest BCUT2D eigenvalue weighted by molar-refractivity contribution is 0.454. The van der Waals surface area contributed by atoms with Crippen molar-refractivity contribution in [2.75, 3.05) is 5.75 Å². The number of hydrogen-bond acceptors (Lipinski definition) is 2. The van der Waals surface area contributed by atoms with Gasteiger partial charge in [-0.15, -0.1) is 0 Å². The van der Waals surface area contributed by atoms with E-state index >= 15 is 0 Å². The maximum atomic E-state index is 11.8. The lowest BCUT2D eigenvalue weighted by Crippen LogP contribution is -2.41. The van der Waals surface area contributed by atoms with Crippen LogP contribution in [0.3, 0.4) is 0 Å². The summed E-state index contributed by atoms with van der Waals surface area (Å²) in [5.74, 6) is 0.191. The SMILES string of the molecule is CC(C)(C)CS(=O)(=O)NC1CCCC1Br. The summed E-state index contributed by atoms with van der Waals surface area (Å²) in [5.41, 5.74) is -0.188. The zero-order valence-electron chi connectivity index (χ0n) is 9.59. The summed E-state index contributed by atoms with van der Waals surface area (Å²) >= 11 is 3.51. The van der Waals surface area contributed by atoms with Crippen LogP contribution in [-0.4, -0.2) is 25.0 Å². The molecule has 0 aromatic rings. The third-order valence-corrected chi connectivity index (χ3v) is 5.39. The van der Waals surface area contributed by atoms with Crippen LogP contribution in [0.25, 0.3) is 0 Å². The molecule has 1 N–H and O–H groups in total. The normalized spacial score (nSPS) is 28.3. The third-order valence-electron chi connectivity index (χ3n) is 2.39. The first kappa shape index (κ1) is 13.5. The zero-order valence-corrected chi connectivity index (χ0v) is 12.0. The quantitative estimate of drug-likeness (QED) is 0.812. The highest BCUT2D eigenvalue weighted by molar-refractivity contribution is 9.09. The topological polar surface area (TPSA) is 46.2 Å². The zero-order chi connectivity index (χ0) is 11.7. The minimum atomic E-state index is -3.14. The molecule has 0 aromatic carbocycles. The minimum Gasteiger partial charge on any atom is -0.212 e. The molecule has 0 aliphatic heterocycles. The summed E-state index contributed by atoms with van der Waals surface area (Å²) in [6.07, 6.45) is 3.10. The van der Waals surface area contributed by atoms with E-state index in [2.05, 4.69) is 20.7 Å². The van der Waals surface area contributed by atoms with E-state index in [0.717, 1.165) is 19.3 Å². The Hall–Kier alpha value is 0.390. The van der Waals surface area contributed by atoms with E-state index in [1.165, 1.54) is 0 Å². The number of rotatable bonds is 3. The maximum Gasteiger partial charge on any atom is 0.212 e. The molecule has 0 saturated heterocycles. The molecule has 0 bridgehead atoms. The molecule has 3 nitrogen and oxygen atoms in total. The predicted octanol–water partition coefficient (Wildman–Crippen LogP) is 2.27. The molecule has 5 heteroatoms. The number of nitrogens with one attached hydrogen (secondary N) is 1. The van der Waals surface area contributed by atoms with Crippen molar-refractivity contribution in [3.8, 4) is 0 Å². The van der Waals surface area contributed by atoms with Gasteiger partial charge in [0.25, 0.3) is 0 Å². The summed E-state index contributed by atoms with van der Waals surface area (Å²) in [6, 6.07) is 0.0809. The third kappa shape index (κ3) is 4.83. The van der Waals surface area contributed by atoms with Gasteiger partial charge in [-0.05, 0) is 18.3 Å². The molecule has 0 amide bonds. The first-order chi connectivity index (χ1) is 6.70. The largest absolute Gasteiger partial charge is 0.212 e. The molecule has 1 rings (SSSR count). The van der Waals surface area contributed by atoms with E-state index in [4.69, 9.17) is 0 Å². The fraction of sp³-hybridized carbons (Fsp3) is 1.00. The number of halogens is 1. The molecule has 0 aromatic heterocycles. The molecule has 0 radical (unpaired) electrons. The molecular formula is C10H20BrNO2S. The van der Waals surface area contributed by atoms with Gasteiger partial charge >= 0.3 is 0 Å². The van der Waals surface area contributed by atoms with Crippen LogP contribution in [0.4, 0.5) is 0 Å². The number of alkyl halides is 1. The van der Waals surface area contributed by atoms with E-state index in [1.807, 2.05) is 20.8 Å². The van der Waals surface area contributed by atoms with Crippen LogP contribution in [0.15, 0.2) is 0 Å². The van der Waals surface area contributed by atoms with Crippen molar-refractivity contribution in [3.63, 3.8) is 0 Å². The van der Waals surface area contributed by atoms with Gasteiger partial charge in [-0.3, -0.25) is 0 Å². The van der Waals surface area contributed by atoms with Crippen LogP contribution < -0.4 is 4.72 Å². The smallest absolute Gasteiger partial charge is 0.212 e. The van der Waals surface area contributed by atoms with Crippen LogP contribution in [0, 0.1) is 5.41 Å². The van der Waals surface area contributed by atoms with Crippen LogP contribution in [0.5, 0.6) is 0 Å². The van der Waals surface area contributed by atoms with Gasteiger partial charge < -0.3 is 0 Å². The van der Waals surface area contributed by atoms with Crippen LogP contribution in [0.2, 0.25) is 0 Å². The Kier molecular flexibility index (Phi) is 4.23. The highest BCUT2D eigenvalue weighted by atomic mass is 79.9. The molecule has 1 fully saturated rings. The van der Waals surface area contributed by atoms with E-state index < -0.39 is 10.0 Å². The van der Waals surface area contributed by atoms with E-state index in [1.54, 1.807) is 0 Å². The van der Waals surface area contributed by atoms with Crippen LogP contribution in [0.1, 0.15) is 40.0 Å². The Morgan fingerprint density at radius 3 is 2.33 bits per heavy atom. The molecule has 0 spiro atoms. The van der Waals surface area contributed by atoms with Gasteiger partial charge in [0.1, 0.15) is 0 Å². The van der Waals surface area contributed by atoms with Crippen molar-refractivity contribution < 1.29 is 8.42 Å². The first-order valence-corrected chi connectivity index (χ1v) is 7.90. The van der Waals surface area contributed by atoms with Gasteiger partial charge in [-0.2, -0.15) is 0 Å². The number of sulfonamides is 1. The summed E-state index contributed by atoms with van der Waals surface area (Å²) in [5, 5.41) is 0. The molecule has 1 aliphatic rings. The Bertz CT molecular complexity index is 308. The number of hydrogen-bond donors (Lipinski definition) is 1. The van der Waals surface area contributed by atoms with Gasteiger partial charge in [0.2, 0.25) is 10.0 Å². The van der Waals surface area contributed by atoms with Crippen molar-refractivity contribution in [1.82, 2.24) is 4.72 Å². The van der Waals surface area contributed by atoms with E-state index in [-0.39, 0.29) is 17.2 Å². The molecule has 1 aliphatic carbocycles. The Balaban J connectivity index is 2.57. The minimum absolute atomic E-state index is 0.0809. The highest BCUT2D eigenvalue weighted by Gasteiger charge is 2.30. The van der Waals surface area contributed by atoms with Crippen molar-refractivity contribution in [2.24, 2.45) is 5.41 Å². The molecule has 0 heterocycles. The lowest BCUT2D eigenvalue weighted by atomic mass is 10.0. The van der Waals surface area contributed by atoms with E-state index in [9.17, 15) is 8.42 Å². The average Bonchev–Trinajstić information content (AvgIpc) is 2.29.